The van der Waals surface area contributed by atoms with Gasteiger partial charge >= 0.3 is 0 Å². The van der Waals surface area contributed by atoms with Crippen LogP contribution in [0.15, 0.2) is 109 Å². The van der Waals surface area contributed by atoms with Crippen LogP contribution in [-0.4, -0.2) is 68.5 Å². The Hall–Kier alpha value is -2.84. The molecule has 0 radical (unpaired) electrons. The van der Waals surface area contributed by atoms with Crippen LogP contribution in [0.1, 0.15) is 232 Å². The first-order valence-electron chi connectivity index (χ1n) is 29.2. The van der Waals surface area contributed by atoms with Crippen molar-refractivity contribution in [2.75, 3.05) is 40.9 Å². The van der Waals surface area contributed by atoms with Gasteiger partial charge in [0, 0.05) is 6.42 Å². The summed E-state index contributed by atoms with van der Waals surface area (Å²) in [7, 11) is 1.23. The first-order chi connectivity index (χ1) is 35.0. The van der Waals surface area contributed by atoms with E-state index in [9.17, 15) is 19.4 Å². The van der Waals surface area contributed by atoms with Crippen LogP contribution in [0, 0.1) is 0 Å². The Morgan fingerprint density at radius 3 is 1.29 bits per heavy atom. The van der Waals surface area contributed by atoms with Crippen LogP contribution in [0.5, 0.6) is 0 Å². The van der Waals surface area contributed by atoms with Gasteiger partial charge in [0.2, 0.25) is 5.91 Å². The van der Waals surface area contributed by atoms with Crippen molar-refractivity contribution in [3.63, 3.8) is 0 Å². The van der Waals surface area contributed by atoms with Crippen molar-refractivity contribution in [2.24, 2.45) is 0 Å². The molecular formula is C63H111N2O6P. The number of carbonyl (C=O) groups excluding carboxylic acids is 1. The van der Waals surface area contributed by atoms with E-state index < -0.39 is 26.6 Å². The predicted octanol–water partition coefficient (Wildman–Crippen LogP) is 17.3. The van der Waals surface area contributed by atoms with Crippen molar-refractivity contribution in [1.82, 2.24) is 5.32 Å². The average Bonchev–Trinajstić information content (AvgIpc) is 3.34. The van der Waals surface area contributed by atoms with Gasteiger partial charge < -0.3 is 28.8 Å². The van der Waals surface area contributed by atoms with E-state index in [0.29, 0.717) is 17.4 Å². The molecule has 0 aliphatic heterocycles. The SMILES string of the molecule is CC/C=C\C/C=C\C/C=C\C/C=C\C/C=C\C/C=C\C/C=C\CCCCCCCCCCCCCCCCCC(=O)NC(COP(=O)([O-])OCC[N+](C)(C)C)C(O)/C=C/CC/C=C/CCCCCCCCC. The van der Waals surface area contributed by atoms with Crippen LogP contribution in [0.2, 0.25) is 0 Å². The molecule has 0 heterocycles. The van der Waals surface area contributed by atoms with Gasteiger partial charge in [-0.3, -0.25) is 9.36 Å². The molecule has 0 saturated carbocycles. The topological polar surface area (TPSA) is 108 Å². The second-order valence-electron chi connectivity index (χ2n) is 20.6. The van der Waals surface area contributed by atoms with Gasteiger partial charge in [-0.05, 0) is 89.9 Å². The number of quaternary nitrogens is 1. The maximum absolute atomic E-state index is 12.9. The Labute approximate surface area is 444 Å². The normalized spacial score (nSPS) is 14.7. The molecule has 0 bridgehead atoms. The predicted molar refractivity (Wildman–Crippen MR) is 311 cm³/mol. The van der Waals surface area contributed by atoms with E-state index in [0.717, 1.165) is 83.5 Å². The second-order valence-corrected chi connectivity index (χ2v) is 22.0. The minimum atomic E-state index is -4.61. The summed E-state index contributed by atoms with van der Waals surface area (Å²) < 4.78 is 23.3. The van der Waals surface area contributed by atoms with Gasteiger partial charge in [-0.1, -0.05) is 245 Å². The number of allylic oxidation sites excluding steroid dienone is 17. The van der Waals surface area contributed by atoms with Gasteiger partial charge in [-0.25, -0.2) is 0 Å². The fraction of sp³-hybridized carbons (Fsp3) is 0.698. The van der Waals surface area contributed by atoms with E-state index in [-0.39, 0.29) is 12.5 Å². The zero-order chi connectivity index (χ0) is 52.7. The number of carbonyl (C=O) groups is 1. The largest absolute Gasteiger partial charge is 0.756 e. The molecule has 0 aromatic rings. The smallest absolute Gasteiger partial charge is 0.268 e. The Kier molecular flexibility index (Phi) is 50.9. The number of phosphoric acid groups is 1. The fourth-order valence-electron chi connectivity index (χ4n) is 7.91. The number of phosphoric ester groups is 1. The molecule has 0 aliphatic rings. The van der Waals surface area contributed by atoms with Gasteiger partial charge in [0.25, 0.3) is 7.82 Å². The minimum absolute atomic E-state index is 0.0100. The highest BCUT2D eigenvalue weighted by atomic mass is 31.2. The van der Waals surface area contributed by atoms with E-state index in [1.165, 1.54) is 128 Å². The van der Waals surface area contributed by atoms with E-state index in [4.69, 9.17) is 9.05 Å². The lowest BCUT2D eigenvalue weighted by molar-refractivity contribution is -0.870. The van der Waals surface area contributed by atoms with Gasteiger partial charge in [0.1, 0.15) is 13.2 Å². The number of aliphatic hydroxyl groups is 1. The molecule has 414 valence electrons. The Morgan fingerprint density at radius 1 is 0.500 bits per heavy atom. The molecule has 0 saturated heterocycles. The maximum atomic E-state index is 12.9. The van der Waals surface area contributed by atoms with Crippen molar-refractivity contribution in [1.29, 1.82) is 0 Å². The third-order valence-electron chi connectivity index (χ3n) is 12.5. The molecule has 0 spiro atoms. The summed E-state index contributed by atoms with van der Waals surface area (Å²) in [5.74, 6) is -0.211. The highest BCUT2D eigenvalue weighted by molar-refractivity contribution is 7.45. The summed E-state index contributed by atoms with van der Waals surface area (Å²) >= 11 is 0. The molecule has 0 aromatic heterocycles. The van der Waals surface area contributed by atoms with Crippen molar-refractivity contribution < 1.29 is 32.9 Å². The number of nitrogens with one attached hydrogen (secondary N) is 1. The lowest BCUT2D eigenvalue weighted by atomic mass is 10.0. The molecule has 72 heavy (non-hydrogen) atoms. The molecule has 0 aliphatic carbocycles. The van der Waals surface area contributed by atoms with Crippen LogP contribution < -0.4 is 10.2 Å². The van der Waals surface area contributed by atoms with Crippen molar-refractivity contribution in [3.05, 3.63) is 109 Å². The second kappa shape index (κ2) is 53.0. The number of nitrogens with zero attached hydrogens (tertiary/aromatic N) is 1. The van der Waals surface area contributed by atoms with Gasteiger partial charge in [-0.15, -0.1) is 0 Å². The summed E-state index contributed by atoms with van der Waals surface area (Å²) in [4.78, 5) is 25.4. The molecule has 0 rings (SSSR count). The third kappa shape index (κ3) is 54.9. The van der Waals surface area contributed by atoms with Crippen molar-refractivity contribution in [3.8, 4) is 0 Å². The van der Waals surface area contributed by atoms with E-state index >= 15 is 0 Å². The highest BCUT2D eigenvalue weighted by Crippen LogP contribution is 2.38. The van der Waals surface area contributed by atoms with E-state index in [1.807, 2.05) is 27.2 Å². The monoisotopic (exact) mass is 1020 g/mol. The highest BCUT2D eigenvalue weighted by Gasteiger charge is 2.23. The third-order valence-corrected chi connectivity index (χ3v) is 13.4. The molecule has 3 unspecified atom stereocenters. The number of aliphatic hydroxyl groups excluding tert-OH is 1. The van der Waals surface area contributed by atoms with Crippen LogP contribution in [0.25, 0.3) is 0 Å². The van der Waals surface area contributed by atoms with Crippen LogP contribution in [0.3, 0.4) is 0 Å². The first-order valence-corrected chi connectivity index (χ1v) is 30.7. The summed E-state index contributed by atoms with van der Waals surface area (Å²) in [5, 5.41) is 13.8. The Bertz CT molecular complexity index is 1540. The molecule has 0 fully saturated rings. The molecule has 9 heteroatoms. The van der Waals surface area contributed by atoms with Gasteiger partial charge in [0.05, 0.1) is 39.9 Å². The molecular weight excluding hydrogens is 912 g/mol. The number of hydrogen-bond acceptors (Lipinski definition) is 6. The number of amides is 1. The van der Waals surface area contributed by atoms with Crippen molar-refractivity contribution in [2.45, 2.75) is 244 Å². The molecule has 3 atom stereocenters. The lowest BCUT2D eigenvalue weighted by Gasteiger charge is -2.29. The number of hydrogen-bond donors (Lipinski definition) is 2. The number of likely N-dealkylation sites (N-methyl/N-ethyl adjacent to an activating group) is 1. The lowest BCUT2D eigenvalue weighted by Crippen LogP contribution is -2.45. The Balaban J connectivity index is 4.05. The first kappa shape index (κ1) is 69.2. The zero-order valence-corrected chi connectivity index (χ0v) is 48.0. The minimum Gasteiger partial charge on any atom is -0.756 e. The molecule has 8 nitrogen and oxygen atoms in total. The summed E-state index contributed by atoms with van der Waals surface area (Å²) in [6, 6.07) is -0.908. The van der Waals surface area contributed by atoms with E-state index in [1.54, 1.807) is 6.08 Å². The van der Waals surface area contributed by atoms with Crippen LogP contribution in [0.4, 0.5) is 0 Å². The number of rotatable bonds is 52. The quantitative estimate of drug-likeness (QED) is 0.0272. The molecule has 1 amide bonds. The van der Waals surface area contributed by atoms with Crippen LogP contribution in [-0.2, 0) is 18.4 Å². The molecule has 0 aromatic carbocycles. The van der Waals surface area contributed by atoms with E-state index in [2.05, 4.69) is 116 Å². The fourth-order valence-corrected chi connectivity index (χ4v) is 8.64. The summed E-state index contributed by atoms with van der Waals surface area (Å²) in [6.45, 7) is 4.49. The summed E-state index contributed by atoms with van der Waals surface area (Å²) in [6.07, 6.45) is 77.5. The standard InChI is InChI=1S/C63H111N2O6P/c1-6-8-10-12-14-16-18-20-21-22-23-24-25-26-27-28-29-30-31-32-33-34-35-36-37-38-39-40-41-42-43-45-47-49-51-53-55-57-63(67)64-61(60-71-72(68,69)70-59-58-65(3,4)5)62(66)56-54-52-50-48-46-44-19-17-15-13-11-9-7-2/h8,10,14,16,20-21,23-24,26-27,29-30,32-33,46,48,54,56,61-62,66H,6-7,9,11-13,15,17-19,22,25,28,31,34-45,47,49-53,55,57-60H2,1-5H3,(H-,64,67,68,69)/b10-8-,16-14-,21-20-,24-23-,27-26-,30-29-,33-32-,48-46+,56-54+. The molecule has 2 N–H and O–H groups in total. The number of unbranched alkanes of at least 4 members (excludes halogenated alkanes) is 23. The zero-order valence-electron chi connectivity index (χ0n) is 47.1. The summed E-state index contributed by atoms with van der Waals surface area (Å²) in [5.41, 5.74) is 0. The average molecular weight is 1020 g/mol. The van der Waals surface area contributed by atoms with Crippen molar-refractivity contribution >= 4 is 13.7 Å². The van der Waals surface area contributed by atoms with Crippen LogP contribution >= 0.6 is 7.82 Å². The Morgan fingerprint density at radius 2 is 0.861 bits per heavy atom. The maximum Gasteiger partial charge on any atom is 0.268 e. The van der Waals surface area contributed by atoms with Gasteiger partial charge in [-0.2, -0.15) is 0 Å². The van der Waals surface area contributed by atoms with Gasteiger partial charge in [0.15, 0.2) is 0 Å².